The van der Waals surface area contributed by atoms with E-state index in [0.717, 1.165) is 18.4 Å². The Hall–Kier alpha value is -1.89. The fraction of sp³-hybridized carbons (Fsp3) is 0.520. The quantitative estimate of drug-likeness (QED) is 0.571. The first kappa shape index (κ1) is 23.8. The van der Waals surface area contributed by atoms with Crippen LogP contribution in [0.4, 0.5) is 0 Å². The molecule has 1 aliphatic heterocycles. The van der Waals surface area contributed by atoms with Gasteiger partial charge in [0.25, 0.3) is 0 Å². The molecule has 31 heavy (non-hydrogen) atoms. The van der Waals surface area contributed by atoms with Gasteiger partial charge >= 0.3 is 0 Å². The van der Waals surface area contributed by atoms with Crippen molar-refractivity contribution in [2.24, 2.45) is 5.41 Å². The summed E-state index contributed by atoms with van der Waals surface area (Å²) in [6.45, 7) is 4.85. The molecule has 3 rings (SSSR count). The third-order valence-electron chi connectivity index (χ3n) is 6.52. The molecule has 0 fully saturated rings. The Balaban J connectivity index is 2.18. The van der Waals surface area contributed by atoms with E-state index in [1.165, 1.54) is 0 Å². The summed E-state index contributed by atoms with van der Waals surface area (Å²) in [7, 11) is -2.03. The van der Waals surface area contributed by atoms with E-state index in [2.05, 4.69) is 6.92 Å². The topological polar surface area (TPSA) is 72.8 Å². The SMILES string of the molecule is CCCCC1(CC)CS(=O)(=O)c2cc(OCCOC)ccc2[C@H](c2ccccc2)[C@@H]1O. The van der Waals surface area contributed by atoms with Crippen molar-refractivity contribution in [3.05, 3.63) is 59.7 Å². The zero-order chi connectivity index (χ0) is 22.5. The van der Waals surface area contributed by atoms with Crippen LogP contribution in [0.15, 0.2) is 53.4 Å². The molecule has 0 saturated heterocycles. The largest absolute Gasteiger partial charge is 0.491 e. The third kappa shape index (κ3) is 4.97. The molecule has 1 N–H and O–H groups in total. The van der Waals surface area contributed by atoms with Crippen LogP contribution >= 0.6 is 0 Å². The molecular formula is C25H34O5S. The van der Waals surface area contributed by atoms with Gasteiger partial charge in [-0.2, -0.15) is 0 Å². The molecule has 0 spiro atoms. The van der Waals surface area contributed by atoms with Gasteiger partial charge in [-0.25, -0.2) is 8.42 Å². The Morgan fingerprint density at radius 3 is 2.48 bits per heavy atom. The normalized spacial score (nSPS) is 24.9. The van der Waals surface area contributed by atoms with Crippen LogP contribution in [0.3, 0.4) is 0 Å². The van der Waals surface area contributed by atoms with Crippen molar-refractivity contribution >= 4 is 9.84 Å². The fourth-order valence-electron chi connectivity index (χ4n) is 4.70. The van der Waals surface area contributed by atoms with Crippen molar-refractivity contribution in [3.8, 4) is 5.75 Å². The first-order chi connectivity index (χ1) is 14.9. The van der Waals surface area contributed by atoms with Gasteiger partial charge in [-0.15, -0.1) is 0 Å². The van der Waals surface area contributed by atoms with Crippen LogP contribution < -0.4 is 4.74 Å². The standard InChI is InChI=1S/C25H34O5S/c1-4-6-14-25(5-2)18-31(27,28)22-17-20(30-16-15-29-3)12-13-21(22)23(24(25)26)19-10-8-7-9-11-19/h7-13,17,23-24,26H,4-6,14-16,18H2,1-3H3/t23-,24-,25?/m0/s1. The first-order valence-electron chi connectivity index (χ1n) is 11.1. The Kier molecular flexibility index (Phi) is 7.78. The zero-order valence-corrected chi connectivity index (χ0v) is 19.5. The van der Waals surface area contributed by atoms with E-state index in [9.17, 15) is 13.5 Å². The molecule has 2 aromatic rings. The van der Waals surface area contributed by atoms with Crippen molar-refractivity contribution in [1.82, 2.24) is 0 Å². The summed E-state index contributed by atoms with van der Waals surface area (Å²) in [5, 5.41) is 11.7. The molecule has 1 unspecified atom stereocenters. The zero-order valence-electron chi connectivity index (χ0n) is 18.7. The average molecular weight is 447 g/mol. The van der Waals surface area contributed by atoms with E-state index in [4.69, 9.17) is 9.47 Å². The van der Waals surface area contributed by atoms with Gasteiger partial charge in [0.1, 0.15) is 12.4 Å². The second-order valence-electron chi connectivity index (χ2n) is 8.45. The number of aliphatic hydroxyl groups is 1. The highest BCUT2D eigenvalue weighted by Gasteiger charge is 2.48. The minimum atomic E-state index is -3.63. The number of fused-ring (bicyclic) bond motifs is 1. The number of hydrogen-bond acceptors (Lipinski definition) is 5. The molecule has 6 heteroatoms. The molecule has 0 saturated carbocycles. The Morgan fingerprint density at radius 2 is 1.84 bits per heavy atom. The Morgan fingerprint density at radius 1 is 1.10 bits per heavy atom. The average Bonchev–Trinajstić information content (AvgIpc) is 2.84. The Labute approximate surface area is 186 Å². The van der Waals surface area contributed by atoms with Crippen LogP contribution in [0.25, 0.3) is 0 Å². The maximum Gasteiger partial charge on any atom is 0.179 e. The van der Waals surface area contributed by atoms with E-state index in [1.54, 1.807) is 19.2 Å². The van der Waals surface area contributed by atoms with Gasteiger partial charge in [0.05, 0.1) is 23.4 Å². The lowest BCUT2D eigenvalue weighted by Crippen LogP contribution is -2.42. The van der Waals surface area contributed by atoms with E-state index in [1.807, 2.05) is 43.3 Å². The summed E-state index contributed by atoms with van der Waals surface area (Å²) < 4.78 is 38.0. The van der Waals surface area contributed by atoms with Crippen LogP contribution in [0.2, 0.25) is 0 Å². The molecule has 170 valence electrons. The monoisotopic (exact) mass is 446 g/mol. The predicted molar refractivity (Wildman–Crippen MR) is 122 cm³/mol. The van der Waals surface area contributed by atoms with Crippen molar-refractivity contribution in [1.29, 1.82) is 0 Å². The van der Waals surface area contributed by atoms with E-state index in [-0.39, 0.29) is 10.6 Å². The van der Waals surface area contributed by atoms with Crippen LogP contribution in [-0.4, -0.2) is 45.7 Å². The fourth-order valence-corrected chi connectivity index (χ4v) is 6.98. The molecule has 1 aliphatic rings. The molecule has 0 aliphatic carbocycles. The number of hydrogen-bond donors (Lipinski definition) is 1. The summed E-state index contributed by atoms with van der Waals surface area (Å²) in [4.78, 5) is 0.266. The number of unbranched alkanes of at least 4 members (excludes halogenated alkanes) is 1. The third-order valence-corrected chi connectivity index (χ3v) is 8.50. The smallest absolute Gasteiger partial charge is 0.179 e. The number of sulfone groups is 1. The van der Waals surface area contributed by atoms with Gasteiger partial charge in [0, 0.05) is 18.4 Å². The number of rotatable bonds is 9. The highest BCUT2D eigenvalue weighted by atomic mass is 32.2. The number of ether oxygens (including phenoxy) is 2. The van der Waals surface area contributed by atoms with Crippen LogP contribution in [-0.2, 0) is 14.6 Å². The second kappa shape index (κ2) is 10.2. The maximum atomic E-state index is 13.6. The van der Waals surface area contributed by atoms with E-state index in [0.29, 0.717) is 37.4 Å². The summed E-state index contributed by atoms with van der Waals surface area (Å²) in [6.07, 6.45) is 2.30. The molecule has 3 atom stereocenters. The highest BCUT2D eigenvalue weighted by molar-refractivity contribution is 7.91. The van der Waals surface area contributed by atoms with Crippen LogP contribution in [0.5, 0.6) is 5.75 Å². The highest BCUT2D eigenvalue weighted by Crippen LogP contribution is 2.49. The molecule has 2 aromatic carbocycles. The molecule has 0 bridgehead atoms. The predicted octanol–water partition coefficient (Wildman–Crippen LogP) is 4.58. The van der Waals surface area contributed by atoms with E-state index >= 15 is 0 Å². The molecule has 0 amide bonds. The lowest BCUT2D eigenvalue weighted by Gasteiger charge is -2.39. The van der Waals surface area contributed by atoms with Gasteiger partial charge < -0.3 is 14.6 Å². The summed E-state index contributed by atoms with van der Waals surface area (Å²) >= 11 is 0. The van der Waals surface area contributed by atoms with Gasteiger partial charge in [-0.05, 0) is 36.1 Å². The maximum absolute atomic E-state index is 13.6. The van der Waals surface area contributed by atoms with Gasteiger partial charge in [0.15, 0.2) is 9.84 Å². The van der Waals surface area contributed by atoms with Crippen molar-refractivity contribution in [2.45, 2.75) is 56.4 Å². The summed E-state index contributed by atoms with van der Waals surface area (Å²) in [5.41, 5.74) is 0.867. The number of methoxy groups -OCH3 is 1. The first-order valence-corrected chi connectivity index (χ1v) is 12.7. The van der Waals surface area contributed by atoms with E-state index < -0.39 is 27.3 Å². The van der Waals surface area contributed by atoms with Gasteiger partial charge in [-0.1, -0.05) is 63.1 Å². The number of benzene rings is 2. The minimum absolute atomic E-state index is 0.0600. The van der Waals surface area contributed by atoms with Crippen LogP contribution in [0.1, 0.15) is 56.6 Å². The molecule has 1 heterocycles. The lowest BCUT2D eigenvalue weighted by molar-refractivity contribution is 0.0174. The Bertz CT molecular complexity index is 957. The summed E-state index contributed by atoms with van der Waals surface area (Å²) in [5.74, 6) is 0.0201. The van der Waals surface area contributed by atoms with Crippen molar-refractivity contribution < 1.29 is 23.0 Å². The van der Waals surface area contributed by atoms with Crippen LogP contribution in [0, 0.1) is 5.41 Å². The molecule has 5 nitrogen and oxygen atoms in total. The number of aliphatic hydroxyl groups excluding tert-OH is 1. The molecular weight excluding hydrogens is 412 g/mol. The van der Waals surface area contributed by atoms with Gasteiger partial charge in [-0.3, -0.25) is 0 Å². The second-order valence-corrected chi connectivity index (χ2v) is 10.4. The van der Waals surface area contributed by atoms with Crippen molar-refractivity contribution in [3.63, 3.8) is 0 Å². The molecule has 0 aromatic heterocycles. The van der Waals surface area contributed by atoms with Gasteiger partial charge in [0.2, 0.25) is 0 Å². The minimum Gasteiger partial charge on any atom is -0.491 e. The lowest BCUT2D eigenvalue weighted by atomic mass is 9.69. The molecule has 0 radical (unpaired) electrons. The summed E-state index contributed by atoms with van der Waals surface area (Å²) in [6, 6.07) is 15.0. The van der Waals surface area contributed by atoms with Crippen molar-refractivity contribution in [2.75, 3.05) is 26.1 Å².